The van der Waals surface area contributed by atoms with Crippen LogP contribution >= 0.6 is 11.3 Å². The molecule has 6 heterocycles. The SMILES string of the molecule is CN(C)CC1(COc2nc(N3C[C@H]4CC[C@@H](C3)N4)c(C#N)c(N3CC4(CCc5sc(N)c(C#N)c54)C3)n2)COC1. The third-order valence-electron chi connectivity index (χ3n) is 9.22. The Morgan fingerprint density at radius 3 is 2.38 bits per heavy atom. The van der Waals surface area contributed by atoms with Crippen molar-refractivity contribution in [2.75, 3.05) is 82.2 Å². The highest BCUT2D eigenvalue weighted by atomic mass is 32.1. The molecule has 4 fully saturated rings. The monoisotopic (exact) mass is 561 g/mol. The minimum absolute atomic E-state index is 0.0944. The number of rotatable bonds is 7. The van der Waals surface area contributed by atoms with Gasteiger partial charge in [-0.2, -0.15) is 20.5 Å². The molecule has 0 saturated carbocycles. The summed E-state index contributed by atoms with van der Waals surface area (Å²) in [6.45, 7) is 5.61. The Morgan fingerprint density at radius 2 is 1.77 bits per heavy atom. The lowest BCUT2D eigenvalue weighted by Gasteiger charge is -2.49. The molecule has 2 aromatic rings. The minimum Gasteiger partial charge on any atom is -0.463 e. The van der Waals surface area contributed by atoms with Gasteiger partial charge in [-0.05, 0) is 45.3 Å². The van der Waals surface area contributed by atoms with Crippen LogP contribution in [0.5, 0.6) is 6.01 Å². The summed E-state index contributed by atoms with van der Waals surface area (Å²) in [7, 11) is 4.11. The van der Waals surface area contributed by atoms with Gasteiger partial charge >= 0.3 is 6.01 Å². The molecule has 2 atom stereocenters. The van der Waals surface area contributed by atoms with Crippen LogP contribution in [-0.4, -0.2) is 93.6 Å². The van der Waals surface area contributed by atoms with Crippen LogP contribution in [0.1, 0.15) is 40.8 Å². The summed E-state index contributed by atoms with van der Waals surface area (Å²) in [5.41, 5.74) is 8.23. The van der Waals surface area contributed by atoms with Crippen molar-refractivity contribution in [1.29, 1.82) is 10.5 Å². The molecule has 5 aliphatic rings. The number of nitrogen functional groups attached to an aromatic ring is 1. The minimum atomic E-state index is -0.124. The first-order valence-electron chi connectivity index (χ1n) is 14.1. The normalized spacial score (nSPS) is 25.3. The maximum atomic E-state index is 10.4. The highest BCUT2D eigenvalue weighted by Gasteiger charge is 2.52. The maximum Gasteiger partial charge on any atom is 0.320 e. The first-order chi connectivity index (χ1) is 19.3. The van der Waals surface area contributed by atoms with E-state index in [-0.39, 0.29) is 10.8 Å². The van der Waals surface area contributed by atoms with Gasteiger partial charge in [-0.25, -0.2) is 0 Å². The van der Waals surface area contributed by atoms with Gasteiger partial charge in [0.05, 0.1) is 24.2 Å². The van der Waals surface area contributed by atoms with Gasteiger partial charge in [0.1, 0.15) is 29.3 Å². The number of fused-ring (bicyclic) bond motifs is 4. The molecule has 40 heavy (non-hydrogen) atoms. The largest absolute Gasteiger partial charge is 0.463 e. The van der Waals surface area contributed by atoms with Crippen LogP contribution in [0, 0.1) is 28.1 Å². The van der Waals surface area contributed by atoms with Crippen molar-refractivity contribution in [3.8, 4) is 18.1 Å². The number of aromatic nitrogens is 2. The van der Waals surface area contributed by atoms with Gasteiger partial charge in [0, 0.05) is 55.1 Å². The van der Waals surface area contributed by atoms with E-state index in [0.29, 0.717) is 78.8 Å². The number of thiophene rings is 1. The van der Waals surface area contributed by atoms with Gasteiger partial charge < -0.3 is 35.2 Å². The van der Waals surface area contributed by atoms with Crippen molar-refractivity contribution < 1.29 is 9.47 Å². The fraction of sp³-hybridized carbons (Fsp3) is 0.643. The summed E-state index contributed by atoms with van der Waals surface area (Å²) >= 11 is 1.55. The van der Waals surface area contributed by atoms with Crippen molar-refractivity contribution >= 4 is 28.0 Å². The smallest absolute Gasteiger partial charge is 0.320 e. The second kappa shape index (κ2) is 9.45. The van der Waals surface area contributed by atoms with Crippen LogP contribution in [0.2, 0.25) is 0 Å². The summed E-state index contributed by atoms with van der Waals surface area (Å²) in [4.78, 5) is 17.5. The third kappa shape index (κ3) is 4.08. The van der Waals surface area contributed by atoms with Gasteiger partial charge in [0.2, 0.25) is 0 Å². The quantitative estimate of drug-likeness (QED) is 0.508. The van der Waals surface area contributed by atoms with Crippen molar-refractivity contribution in [2.45, 2.75) is 43.2 Å². The highest BCUT2D eigenvalue weighted by Crippen LogP contribution is 2.53. The van der Waals surface area contributed by atoms with Crippen LogP contribution < -0.4 is 25.6 Å². The Hall–Kier alpha value is -3.16. The predicted molar refractivity (Wildman–Crippen MR) is 152 cm³/mol. The van der Waals surface area contributed by atoms with Crippen LogP contribution in [0.25, 0.3) is 0 Å². The topological polar surface area (TPSA) is 140 Å². The van der Waals surface area contributed by atoms with Crippen LogP contribution in [0.4, 0.5) is 16.6 Å². The van der Waals surface area contributed by atoms with Gasteiger partial charge in [-0.1, -0.05) is 0 Å². The predicted octanol–water partition coefficient (Wildman–Crippen LogP) is 1.47. The molecule has 0 unspecified atom stereocenters. The van der Waals surface area contributed by atoms with Gasteiger partial charge in [-0.15, -0.1) is 11.3 Å². The molecule has 0 aromatic carbocycles. The number of hydrogen-bond donors (Lipinski definition) is 2. The highest BCUT2D eigenvalue weighted by molar-refractivity contribution is 7.16. The van der Waals surface area contributed by atoms with Crippen LogP contribution in [-0.2, 0) is 16.6 Å². The Balaban J connectivity index is 1.21. The summed E-state index contributed by atoms with van der Waals surface area (Å²) in [5, 5.41) is 24.5. The van der Waals surface area contributed by atoms with Gasteiger partial charge in [0.25, 0.3) is 0 Å². The molecule has 12 heteroatoms. The molecule has 7 rings (SSSR count). The molecule has 0 amide bonds. The van der Waals surface area contributed by atoms with Gasteiger partial charge in [0.15, 0.2) is 11.6 Å². The third-order valence-corrected chi connectivity index (χ3v) is 10.3. The second-order valence-corrected chi connectivity index (χ2v) is 13.7. The van der Waals surface area contributed by atoms with Crippen LogP contribution in [0.3, 0.4) is 0 Å². The Bertz CT molecular complexity index is 1400. The molecule has 4 saturated heterocycles. The van der Waals surface area contributed by atoms with Gasteiger partial charge in [-0.3, -0.25) is 0 Å². The van der Waals surface area contributed by atoms with Crippen molar-refractivity contribution in [3.05, 3.63) is 21.6 Å². The van der Waals surface area contributed by atoms with E-state index in [1.807, 2.05) is 0 Å². The van der Waals surface area contributed by atoms with E-state index in [0.717, 1.165) is 50.9 Å². The summed E-state index contributed by atoms with van der Waals surface area (Å²) in [5.74, 6) is 1.29. The molecular weight excluding hydrogens is 526 g/mol. The summed E-state index contributed by atoms with van der Waals surface area (Å²) in [6.07, 6.45) is 4.20. The number of nitriles is 2. The van der Waals surface area contributed by atoms with E-state index in [1.165, 1.54) is 4.88 Å². The lowest BCUT2D eigenvalue weighted by molar-refractivity contribution is -0.140. The summed E-state index contributed by atoms with van der Waals surface area (Å²) < 4.78 is 11.9. The first kappa shape index (κ1) is 25.8. The maximum absolute atomic E-state index is 10.4. The van der Waals surface area contributed by atoms with E-state index < -0.39 is 0 Å². The number of piperazine rings is 1. The number of ether oxygens (including phenoxy) is 2. The Labute approximate surface area is 238 Å². The molecule has 2 bridgehead atoms. The van der Waals surface area contributed by atoms with E-state index in [2.05, 4.69) is 46.3 Å². The molecule has 210 valence electrons. The first-order valence-corrected chi connectivity index (χ1v) is 14.9. The number of nitrogens with zero attached hydrogens (tertiary/aromatic N) is 7. The fourth-order valence-electron chi connectivity index (χ4n) is 7.48. The van der Waals surface area contributed by atoms with Crippen molar-refractivity contribution in [3.63, 3.8) is 0 Å². The number of aryl methyl sites for hydroxylation is 1. The molecular formula is C28H35N9O2S. The average molecular weight is 562 g/mol. The second-order valence-electron chi connectivity index (χ2n) is 12.6. The zero-order valence-electron chi connectivity index (χ0n) is 23.1. The Kier molecular flexibility index (Phi) is 6.09. The number of anilines is 3. The zero-order chi connectivity index (χ0) is 27.6. The molecule has 3 N–H and O–H groups in total. The molecule has 4 aliphatic heterocycles. The zero-order valence-corrected chi connectivity index (χ0v) is 23.9. The van der Waals surface area contributed by atoms with E-state index in [9.17, 15) is 10.5 Å². The number of nitrogens with two attached hydrogens (primary N) is 1. The molecule has 1 aliphatic carbocycles. The average Bonchev–Trinajstić information content (AvgIpc) is 3.54. The molecule has 2 aromatic heterocycles. The number of hydrogen-bond acceptors (Lipinski definition) is 12. The van der Waals surface area contributed by atoms with Crippen molar-refractivity contribution in [2.24, 2.45) is 5.41 Å². The molecule has 1 spiro atoms. The van der Waals surface area contributed by atoms with Crippen molar-refractivity contribution in [1.82, 2.24) is 20.2 Å². The van der Waals surface area contributed by atoms with Crippen LogP contribution in [0.15, 0.2) is 0 Å². The standard InChI is InChI=1S/C28H35N9O2S/c1-35(2)11-27(14-38-15-27)16-39-26-33-24(36-9-17-3-4-18(10-36)32-17)20(8-30)25(34-26)37-12-28(13-37)6-5-21-22(28)19(7-29)23(31)40-21/h17-18,32H,3-6,9-16,31H2,1-2H3/t17-,18+. The van der Waals surface area contributed by atoms with E-state index >= 15 is 0 Å². The van der Waals surface area contributed by atoms with E-state index in [4.69, 9.17) is 25.2 Å². The number of nitrogens with one attached hydrogen (secondary N) is 1. The lowest BCUT2D eigenvalue weighted by Crippen LogP contribution is -2.59. The van der Waals surface area contributed by atoms with E-state index in [1.54, 1.807) is 11.3 Å². The lowest BCUT2D eigenvalue weighted by atomic mass is 9.74. The molecule has 11 nitrogen and oxygen atoms in total. The molecule has 0 radical (unpaired) electrons. The fourth-order valence-corrected chi connectivity index (χ4v) is 8.62. The summed E-state index contributed by atoms with van der Waals surface area (Å²) in [6, 6.07) is 5.92. The Morgan fingerprint density at radius 1 is 1.10 bits per heavy atom.